The molecule has 3 N–H and O–H groups in total. The van der Waals surface area contributed by atoms with Gasteiger partial charge in [0, 0.05) is 6.54 Å². The van der Waals surface area contributed by atoms with E-state index in [-0.39, 0.29) is 0 Å². The summed E-state index contributed by atoms with van der Waals surface area (Å²) < 4.78 is 0.994. The van der Waals surface area contributed by atoms with Crippen LogP contribution < -0.4 is 11.4 Å². The molecule has 3 aromatic rings. The predicted molar refractivity (Wildman–Crippen MR) is 111 cm³/mol. The molecule has 0 radical (unpaired) electrons. The van der Waals surface area contributed by atoms with E-state index in [4.69, 9.17) is 5.73 Å². The number of primary amides is 1. The minimum atomic E-state index is -0.756. The maximum Gasteiger partial charge on any atom is 0.334 e. The number of nitrogens with one attached hydrogen (secondary N) is 1. The fourth-order valence-electron chi connectivity index (χ4n) is 4.17. The molecule has 0 bridgehead atoms. The molecule has 2 heterocycles. The molecular formula is C22H26N4O2. The van der Waals surface area contributed by atoms with Crippen LogP contribution in [0.15, 0.2) is 53.3 Å². The lowest BCUT2D eigenvalue weighted by molar-refractivity contribution is 0.186. The van der Waals surface area contributed by atoms with Gasteiger partial charge in [0.05, 0.1) is 11.0 Å². The van der Waals surface area contributed by atoms with E-state index in [2.05, 4.69) is 40.2 Å². The van der Waals surface area contributed by atoms with E-state index in [0.717, 1.165) is 42.1 Å². The van der Waals surface area contributed by atoms with Gasteiger partial charge in [0.2, 0.25) is 0 Å². The normalized spacial score (nSPS) is 15.9. The van der Waals surface area contributed by atoms with Crippen molar-refractivity contribution in [1.82, 2.24) is 14.5 Å². The summed E-state index contributed by atoms with van der Waals surface area (Å²) in [7, 11) is 0. The molecule has 28 heavy (non-hydrogen) atoms. The van der Waals surface area contributed by atoms with Crippen LogP contribution in [-0.4, -0.2) is 40.1 Å². The van der Waals surface area contributed by atoms with Crippen LogP contribution in [-0.2, 0) is 12.8 Å². The van der Waals surface area contributed by atoms with Crippen molar-refractivity contribution in [3.8, 4) is 0 Å². The highest BCUT2D eigenvalue weighted by molar-refractivity contribution is 5.88. The van der Waals surface area contributed by atoms with E-state index < -0.39 is 11.7 Å². The first-order chi connectivity index (χ1) is 13.6. The zero-order chi connectivity index (χ0) is 19.5. The molecule has 1 amide bonds. The molecule has 0 atom stereocenters. The highest BCUT2D eigenvalue weighted by Gasteiger charge is 2.19. The van der Waals surface area contributed by atoms with Gasteiger partial charge in [0.1, 0.15) is 0 Å². The second-order valence-electron chi connectivity index (χ2n) is 7.68. The molecule has 0 spiro atoms. The molecule has 6 heteroatoms. The molecule has 0 unspecified atom stereocenters. The molecule has 1 aromatic heterocycles. The standard InChI is InChI=1S/C22H26N4O2/c23-21(27)26-20-15-17(6-7-19(20)24-22(26)28)8-11-25-12-9-18(10-13-25)14-16-4-2-1-3-5-16/h1-7,15,18H,8-14H2,(H2,23,27)(H,24,28). The number of aromatic amines is 1. The Morgan fingerprint density at radius 2 is 1.82 bits per heavy atom. The van der Waals surface area contributed by atoms with Crippen molar-refractivity contribution in [3.63, 3.8) is 0 Å². The van der Waals surface area contributed by atoms with Crippen molar-refractivity contribution in [1.29, 1.82) is 0 Å². The lowest BCUT2D eigenvalue weighted by Gasteiger charge is -2.32. The van der Waals surface area contributed by atoms with Crippen LogP contribution in [0.5, 0.6) is 0 Å². The zero-order valence-electron chi connectivity index (χ0n) is 15.9. The summed E-state index contributed by atoms with van der Waals surface area (Å²) in [5.41, 5.74) is 8.57. The number of imidazole rings is 1. The summed E-state index contributed by atoms with van der Waals surface area (Å²) in [4.78, 5) is 28.6. The number of carbonyl (C=O) groups excluding carboxylic acids is 1. The van der Waals surface area contributed by atoms with E-state index in [1.807, 2.05) is 18.2 Å². The first-order valence-electron chi connectivity index (χ1n) is 9.90. The van der Waals surface area contributed by atoms with Crippen molar-refractivity contribution in [2.75, 3.05) is 19.6 Å². The number of H-pyrrole nitrogens is 1. The van der Waals surface area contributed by atoms with Crippen molar-refractivity contribution in [3.05, 3.63) is 70.1 Å². The van der Waals surface area contributed by atoms with Crippen molar-refractivity contribution in [2.45, 2.75) is 25.7 Å². The number of benzene rings is 2. The largest absolute Gasteiger partial charge is 0.351 e. The number of hydrogen-bond donors (Lipinski definition) is 2. The predicted octanol–water partition coefficient (Wildman–Crippen LogP) is 2.75. The highest BCUT2D eigenvalue weighted by atomic mass is 16.2. The third-order valence-corrected chi connectivity index (χ3v) is 5.76. The van der Waals surface area contributed by atoms with Gasteiger partial charge in [0.25, 0.3) is 0 Å². The number of nitrogens with two attached hydrogens (primary N) is 1. The number of aromatic nitrogens is 2. The molecule has 0 aliphatic carbocycles. The van der Waals surface area contributed by atoms with Gasteiger partial charge in [-0.3, -0.25) is 0 Å². The van der Waals surface area contributed by atoms with Crippen LogP contribution in [0.3, 0.4) is 0 Å². The molecule has 146 valence electrons. The Hall–Kier alpha value is -2.86. The fraction of sp³-hybridized carbons (Fsp3) is 0.364. The van der Waals surface area contributed by atoms with Crippen LogP contribution in [0.25, 0.3) is 11.0 Å². The SMILES string of the molecule is NC(=O)n1c(=O)[nH]c2ccc(CCN3CCC(Cc4ccccc4)CC3)cc21. The Morgan fingerprint density at radius 3 is 2.54 bits per heavy atom. The topological polar surface area (TPSA) is 84.1 Å². The number of amides is 1. The van der Waals surface area contributed by atoms with Crippen molar-refractivity contribution >= 4 is 17.1 Å². The van der Waals surface area contributed by atoms with Crippen LogP contribution in [0.1, 0.15) is 24.0 Å². The molecular weight excluding hydrogens is 352 g/mol. The highest BCUT2D eigenvalue weighted by Crippen LogP contribution is 2.22. The molecule has 6 nitrogen and oxygen atoms in total. The second kappa shape index (κ2) is 8.02. The van der Waals surface area contributed by atoms with Crippen molar-refractivity contribution < 1.29 is 4.79 Å². The van der Waals surface area contributed by atoms with Gasteiger partial charge in [-0.05, 0) is 68.0 Å². The lowest BCUT2D eigenvalue weighted by atomic mass is 9.90. The first-order valence-corrected chi connectivity index (χ1v) is 9.90. The smallest absolute Gasteiger partial charge is 0.334 e. The van der Waals surface area contributed by atoms with Crippen LogP contribution >= 0.6 is 0 Å². The Kier molecular flexibility index (Phi) is 5.30. The Labute approximate surface area is 164 Å². The number of hydrogen-bond acceptors (Lipinski definition) is 3. The molecule has 1 fully saturated rings. The third-order valence-electron chi connectivity index (χ3n) is 5.76. The van der Waals surface area contributed by atoms with Gasteiger partial charge in [0.15, 0.2) is 0 Å². The molecule has 1 saturated heterocycles. The van der Waals surface area contributed by atoms with Crippen LogP contribution in [0, 0.1) is 5.92 Å². The molecule has 4 rings (SSSR count). The van der Waals surface area contributed by atoms with E-state index >= 15 is 0 Å². The molecule has 2 aromatic carbocycles. The summed E-state index contributed by atoms with van der Waals surface area (Å²) >= 11 is 0. The number of likely N-dealkylation sites (tertiary alicyclic amines) is 1. The Bertz CT molecular complexity index is 1010. The van der Waals surface area contributed by atoms with Gasteiger partial charge in [-0.15, -0.1) is 0 Å². The van der Waals surface area contributed by atoms with Gasteiger partial charge in [-0.1, -0.05) is 36.4 Å². The van der Waals surface area contributed by atoms with E-state index in [0.29, 0.717) is 11.0 Å². The summed E-state index contributed by atoms with van der Waals surface area (Å²) in [6.45, 7) is 3.22. The second-order valence-corrected chi connectivity index (χ2v) is 7.68. The zero-order valence-corrected chi connectivity index (χ0v) is 15.9. The third kappa shape index (κ3) is 4.02. The Morgan fingerprint density at radius 1 is 1.07 bits per heavy atom. The van der Waals surface area contributed by atoms with Crippen LogP contribution in [0.4, 0.5) is 4.79 Å². The molecule has 0 saturated carbocycles. The van der Waals surface area contributed by atoms with Gasteiger partial charge < -0.3 is 15.6 Å². The first kappa shape index (κ1) is 18.5. The van der Waals surface area contributed by atoms with E-state index in [1.165, 1.54) is 24.8 Å². The molecule has 1 aliphatic heterocycles. The van der Waals surface area contributed by atoms with Gasteiger partial charge >= 0.3 is 11.7 Å². The average Bonchev–Trinajstić information content (AvgIpc) is 3.03. The lowest BCUT2D eigenvalue weighted by Crippen LogP contribution is -2.35. The Balaban J connectivity index is 1.33. The summed E-state index contributed by atoms with van der Waals surface area (Å²) in [6, 6.07) is 15.7. The average molecular weight is 378 g/mol. The number of rotatable bonds is 5. The number of nitrogens with zero attached hydrogens (tertiary/aromatic N) is 2. The maximum atomic E-state index is 11.9. The summed E-state index contributed by atoms with van der Waals surface area (Å²) in [6.07, 6.45) is 4.51. The minimum Gasteiger partial charge on any atom is -0.351 e. The maximum absolute atomic E-state index is 11.9. The van der Waals surface area contributed by atoms with E-state index in [9.17, 15) is 9.59 Å². The number of piperidine rings is 1. The monoisotopic (exact) mass is 378 g/mol. The molecule has 1 aliphatic rings. The van der Waals surface area contributed by atoms with Crippen molar-refractivity contribution in [2.24, 2.45) is 11.7 Å². The number of fused-ring (bicyclic) bond motifs is 1. The number of carbonyl (C=O) groups is 1. The van der Waals surface area contributed by atoms with Gasteiger partial charge in [-0.2, -0.15) is 0 Å². The minimum absolute atomic E-state index is 0.486. The quantitative estimate of drug-likeness (QED) is 0.716. The van der Waals surface area contributed by atoms with E-state index in [1.54, 1.807) is 0 Å². The summed E-state index contributed by atoms with van der Waals surface area (Å²) in [5, 5.41) is 0. The van der Waals surface area contributed by atoms with Crippen LogP contribution in [0.2, 0.25) is 0 Å². The fourth-order valence-corrected chi connectivity index (χ4v) is 4.17. The van der Waals surface area contributed by atoms with Gasteiger partial charge in [-0.25, -0.2) is 14.2 Å². The summed E-state index contributed by atoms with van der Waals surface area (Å²) in [5.74, 6) is 0.764.